The van der Waals surface area contributed by atoms with Gasteiger partial charge in [0.25, 0.3) is 0 Å². The van der Waals surface area contributed by atoms with E-state index in [2.05, 4.69) is 30.4 Å². The van der Waals surface area contributed by atoms with Crippen LogP contribution >= 0.6 is 0 Å². The molecule has 3 rings (SSSR count). The maximum Gasteiger partial charge on any atom is 0.337 e. The summed E-state index contributed by atoms with van der Waals surface area (Å²) in [5.41, 5.74) is 4.85. The predicted molar refractivity (Wildman–Crippen MR) is 120 cm³/mol. The number of methoxy groups -OCH3 is 1. The number of nitriles is 1. The molecule has 0 aromatic heterocycles. The molecule has 0 spiro atoms. The monoisotopic (exact) mass is 395 g/mol. The average molecular weight is 396 g/mol. The zero-order chi connectivity index (χ0) is 21.2. The maximum atomic E-state index is 11.7. The number of hydrogen-bond donors (Lipinski definition) is 0. The molecule has 3 aromatic carbocycles. The highest BCUT2D eigenvalue weighted by Crippen LogP contribution is 2.20. The number of nitrogens with zero attached hydrogens (tertiary/aromatic N) is 1. The van der Waals surface area contributed by atoms with Gasteiger partial charge in [0, 0.05) is 0 Å². The lowest BCUT2D eigenvalue weighted by atomic mass is 9.91. The molecule has 0 saturated heterocycles. The third kappa shape index (κ3) is 6.18. The van der Waals surface area contributed by atoms with Crippen LogP contribution in [0.1, 0.15) is 39.0 Å². The van der Waals surface area contributed by atoms with Crippen LogP contribution in [0.3, 0.4) is 0 Å². The first-order chi connectivity index (χ1) is 14.7. The summed E-state index contributed by atoms with van der Waals surface area (Å²) < 4.78 is 4.78. The summed E-state index contributed by atoms with van der Waals surface area (Å²) in [5, 5.41) is 8.97. The van der Waals surface area contributed by atoms with Gasteiger partial charge in [0.05, 0.1) is 24.3 Å². The van der Waals surface area contributed by atoms with Gasteiger partial charge < -0.3 is 4.74 Å². The molecule has 0 saturated carbocycles. The summed E-state index contributed by atoms with van der Waals surface area (Å²) in [5.74, 6) is 0.0349. The summed E-state index contributed by atoms with van der Waals surface area (Å²) >= 11 is 0. The molecule has 0 aliphatic rings. The molecule has 3 nitrogen and oxygen atoms in total. The Morgan fingerprint density at radius 3 is 2.27 bits per heavy atom. The highest BCUT2D eigenvalue weighted by atomic mass is 16.5. The van der Waals surface area contributed by atoms with Crippen LogP contribution < -0.4 is 0 Å². The molecule has 3 heteroatoms. The SMILES string of the molecule is COC(=O)c1ccc(CC(/C=C/c2ccccc2)CCc2ccc(C#N)cc2)cc1. The van der Waals surface area contributed by atoms with Crippen LogP contribution in [0.5, 0.6) is 0 Å². The van der Waals surface area contributed by atoms with Crippen LogP contribution in [0.15, 0.2) is 84.9 Å². The van der Waals surface area contributed by atoms with E-state index in [4.69, 9.17) is 10.00 Å². The lowest BCUT2D eigenvalue weighted by Gasteiger charge is -2.14. The van der Waals surface area contributed by atoms with E-state index in [9.17, 15) is 4.79 Å². The molecular weight excluding hydrogens is 370 g/mol. The molecule has 0 aliphatic heterocycles. The van der Waals surface area contributed by atoms with Gasteiger partial charge in [-0.05, 0) is 66.1 Å². The van der Waals surface area contributed by atoms with Crippen molar-refractivity contribution in [2.45, 2.75) is 19.3 Å². The third-order valence-corrected chi connectivity index (χ3v) is 5.12. The van der Waals surface area contributed by atoms with Crippen molar-refractivity contribution >= 4 is 12.0 Å². The Bertz CT molecular complexity index is 1010. The topological polar surface area (TPSA) is 50.1 Å². The lowest BCUT2D eigenvalue weighted by Crippen LogP contribution is -2.05. The highest BCUT2D eigenvalue weighted by molar-refractivity contribution is 5.89. The van der Waals surface area contributed by atoms with Gasteiger partial charge >= 0.3 is 5.97 Å². The average Bonchev–Trinajstić information content (AvgIpc) is 2.81. The Morgan fingerprint density at radius 1 is 0.967 bits per heavy atom. The molecule has 0 amide bonds. The van der Waals surface area contributed by atoms with E-state index in [1.54, 1.807) is 0 Å². The fourth-order valence-electron chi connectivity index (χ4n) is 3.37. The van der Waals surface area contributed by atoms with Gasteiger partial charge in [-0.15, -0.1) is 0 Å². The van der Waals surface area contributed by atoms with Crippen LogP contribution in [-0.4, -0.2) is 13.1 Å². The van der Waals surface area contributed by atoms with Gasteiger partial charge in [0.15, 0.2) is 0 Å². The number of carbonyl (C=O) groups excluding carboxylic acids is 1. The zero-order valence-electron chi connectivity index (χ0n) is 17.1. The first-order valence-electron chi connectivity index (χ1n) is 10.1. The molecule has 3 aromatic rings. The van der Waals surface area contributed by atoms with Gasteiger partial charge in [-0.2, -0.15) is 5.26 Å². The van der Waals surface area contributed by atoms with E-state index in [-0.39, 0.29) is 5.97 Å². The van der Waals surface area contributed by atoms with Crippen molar-refractivity contribution in [3.63, 3.8) is 0 Å². The highest BCUT2D eigenvalue weighted by Gasteiger charge is 2.10. The molecular formula is C27H25NO2. The Kier molecular flexibility index (Phi) is 7.58. The number of hydrogen-bond acceptors (Lipinski definition) is 3. The number of ether oxygens (including phenoxy) is 1. The van der Waals surface area contributed by atoms with Crippen LogP contribution in [0.2, 0.25) is 0 Å². The summed E-state index contributed by atoms with van der Waals surface area (Å²) in [4.78, 5) is 11.7. The fourth-order valence-corrected chi connectivity index (χ4v) is 3.37. The second-order valence-electron chi connectivity index (χ2n) is 7.27. The number of carbonyl (C=O) groups is 1. The zero-order valence-corrected chi connectivity index (χ0v) is 17.1. The largest absolute Gasteiger partial charge is 0.465 e. The molecule has 0 N–H and O–H groups in total. The molecule has 30 heavy (non-hydrogen) atoms. The molecule has 0 aliphatic carbocycles. The summed E-state index contributed by atoms with van der Waals surface area (Å²) in [7, 11) is 1.39. The van der Waals surface area contributed by atoms with Gasteiger partial charge in [0.1, 0.15) is 0 Å². The minimum Gasteiger partial charge on any atom is -0.465 e. The molecule has 0 heterocycles. The van der Waals surface area contributed by atoms with E-state index in [0.717, 1.165) is 19.3 Å². The van der Waals surface area contributed by atoms with E-state index < -0.39 is 0 Å². The van der Waals surface area contributed by atoms with Crippen molar-refractivity contribution in [2.75, 3.05) is 7.11 Å². The predicted octanol–water partition coefficient (Wildman–Crippen LogP) is 5.85. The Labute approximate surface area is 178 Å². The minimum atomic E-state index is -0.317. The number of rotatable bonds is 8. The Morgan fingerprint density at radius 2 is 1.63 bits per heavy atom. The molecule has 0 bridgehead atoms. The Balaban J connectivity index is 1.71. The lowest BCUT2D eigenvalue weighted by molar-refractivity contribution is 0.0600. The van der Waals surface area contributed by atoms with Crippen LogP contribution in [-0.2, 0) is 17.6 Å². The number of benzene rings is 3. The first kappa shape index (κ1) is 21.1. The standard InChI is InChI=1S/C27H25NO2/c1-30-27(29)26-17-15-24(16-18-26)19-23(11-7-21-5-3-2-4-6-21)12-8-22-9-13-25(20-28)14-10-22/h2-7,9-11,13-18,23H,8,12,19H2,1H3/b11-7+. The van der Waals surface area contributed by atoms with Crippen molar-refractivity contribution in [3.05, 3.63) is 113 Å². The third-order valence-electron chi connectivity index (χ3n) is 5.12. The minimum absolute atomic E-state index is 0.317. The summed E-state index contributed by atoms with van der Waals surface area (Å²) in [6.45, 7) is 0. The van der Waals surface area contributed by atoms with Crippen molar-refractivity contribution in [1.82, 2.24) is 0 Å². The quantitative estimate of drug-likeness (QED) is 0.450. The van der Waals surface area contributed by atoms with Crippen molar-refractivity contribution in [3.8, 4) is 6.07 Å². The van der Waals surface area contributed by atoms with E-state index in [1.165, 1.54) is 23.8 Å². The van der Waals surface area contributed by atoms with E-state index in [0.29, 0.717) is 17.0 Å². The van der Waals surface area contributed by atoms with E-state index in [1.807, 2.05) is 66.7 Å². The van der Waals surface area contributed by atoms with Crippen molar-refractivity contribution in [2.24, 2.45) is 5.92 Å². The van der Waals surface area contributed by atoms with Gasteiger partial charge in [-0.1, -0.05) is 66.7 Å². The second kappa shape index (κ2) is 10.8. The molecule has 1 atom stereocenters. The first-order valence-corrected chi connectivity index (χ1v) is 10.1. The molecule has 150 valence electrons. The van der Waals surface area contributed by atoms with E-state index >= 15 is 0 Å². The van der Waals surface area contributed by atoms with Gasteiger partial charge in [0.2, 0.25) is 0 Å². The second-order valence-corrected chi connectivity index (χ2v) is 7.27. The number of aryl methyl sites for hydroxylation is 1. The molecule has 1 unspecified atom stereocenters. The maximum absolute atomic E-state index is 11.7. The number of allylic oxidation sites excluding steroid dienone is 1. The molecule has 0 radical (unpaired) electrons. The van der Waals surface area contributed by atoms with Crippen molar-refractivity contribution < 1.29 is 9.53 Å². The van der Waals surface area contributed by atoms with Gasteiger partial charge in [-0.3, -0.25) is 0 Å². The Hall–Kier alpha value is -3.64. The molecule has 0 fully saturated rings. The smallest absolute Gasteiger partial charge is 0.337 e. The van der Waals surface area contributed by atoms with Crippen molar-refractivity contribution in [1.29, 1.82) is 5.26 Å². The van der Waals surface area contributed by atoms with Crippen LogP contribution in [0, 0.1) is 17.2 Å². The summed E-state index contributed by atoms with van der Waals surface area (Å²) in [6.07, 6.45) is 7.27. The van der Waals surface area contributed by atoms with Crippen LogP contribution in [0.25, 0.3) is 6.08 Å². The van der Waals surface area contributed by atoms with Gasteiger partial charge in [-0.25, -0.2) is 4.79 Å². The van der Waals surface area contributed by atoms with Crippen LogP contribution in [0.4, 0.5) is 0 Å². The summed E-state index contributed by atoms with van der Waals surface area (Å²) in [6, 6.07) is 27.9. The fraction of sp³-hybridized carbons (Fsp3) is 0.185. The number of esters is 1. The normalized spacial score (nSPS) is 11.7.